The van der Waals surface area contributed by atoms with E-state index in [9.17, 15) is 0 Å². The quantitative estimate of drug-likeness (QED) is 0.229. The van der Waals surface area contributed by atoms with Crippen LogP contribution in [0.15, 0.2) is 60.4 Å². The second-order valence-electron chi connectivity index (χ2n) is 8.46. The van der Waals surface area contributed by atoms with Crippen molar-refractivity contribution in [2.24, 2.45) is 0 Å². The van der Waals surface area contributed by atoms with Gasteiger partial charge in [0.25, 0.3) is 0 Å². The Bertz CT molecular complexity index is 1340. The lowest BCUT2D eigenvalue weighted by Crippen LogP contribution is -2.56. The van der Waals surface area contributed by atoms with Gasteiger partial charge >= 0.3 is 0 Å². The van der Waals surface area contributed by atoms with E-state index in [2.05, 4.69) is 56.5 Å². The molecule has 39 heavy (non-hydrogen) atoms. The molecule has 4 aromatic heterocycles. The molecule has 1 saturated heterocycles. The van der Waals surface area contributed by atoms with Gasteiger partial charge in [-0.05, 0) is 12.1 Å². The summed E-state index contributed by atoms with van der Waals surface area (Å²) in [7, 11) is 0. The van der Waals surface area contributed by atoms with Crippen LogP contribution in [-0.2, 0) is 9.47 Å². The molecule has 0 unspecified atom stereocenters. The summed E-state index contributed by atoms with van der Waals surface area (Å²) in [5, 5.41) is 8.84. The molecular weight excluding hydrogens is 502 g/mol. The maximum atomic E-state index is 8.84. The maximum absolute atomic E-state index is 8.84. The van der Waals surface area contributed by atoms with Gasteiger partial charge in [0.15, 0.2) is 12.2 Å². The van der Waals surface area contributed by atoms with Crippen LogP contribution in [0.3, 0.4) is 0 Å². The molecule has 13 heteroatoms. The van der Waals surface area contributed by atoms with Gasteiger partial charge in [0.05, 0.1) is 50.8 Å². The summed E-state index contributed by atoms with van der Waals surface area (Å²) in [6.07, 6.45) is 11.1. The highest BCUT2D eigenvalue weighted by Gasteiger charge is 2.30. The molecule has 4 aromatic rings. The van der Waals surface area contributed by atoms with Gasteiger partial charge in [-0.1, -0.05) is 11.8 Å². The fourth-order valence-electron chi connectivity index (χ4n) is 3.98. The van der Waals surface area contributed by atoms with E-state index in [0.717, 1.165) is 5.56 Å². The molecule has 5 rings (SSSR count). The third-order valence-corrected chi connectivity index (χ3v) is 5.86. The average molecular weight is 530 g/mol. The SMILES string of the molecule is OCCOCCOC[C@H]1CN(c2ncc(C#Cc3ccc(-c4cnco4)nc3)cn2)CCN1c1ncncn1. The Morgan fingerprint density at radius 1 is 0.846 bits per heavy atom. The second-order valence-corrected chi connectivity index (χ2v) is 8.46. The van der Waals surface area contributed by atoms with Gasteiger partial charge in [-0.25, -0.2) is 29.9 Å². The minimum atomic E-state index is -0.0329. The third-order valence-electron chi connectivity index (χ3n) is 5.86. The molecule has 0 radical (unpaired) electrons. The van der Waals surface area contributed by atoms with E-state index < -0.39 is 0 Å². The molecule has 0 spiro atoms. The summed E-state index contributed by atoms with van der Waals surface area (Å²) in [5.74, 6) is 7.99. The molecule has 1 atom stereocenters. The lowest BCUT2D eigenvalue weighted by atomic mass is 10.2. The van der Waals surface area contributed by atoms with Gasteiger partial charge in [-0.15, -0.1) is 0 Å². The Morgan fingerprint density at radius 3 is 2.38 bits per heavy atom. The van der Waals surface area contributed by atoms with Gasteiger partial charge in [0, 0.05) is 43.8 Å². The van der Waals surface area contributed by atoms with Crippen LogP contribution in [0.1, 0.15) is 11.1 Å². The third kappa shape index (κ3) is 7.08. The minimum absolute atomic E-state index is 0.00990. The van der Waals surface area contributed by atoms with Crippen molar-refractivity contribution >= 4 is 11.9 Å². The summed E-state index contributed by atoms with van der Waals surface area (Å²) in [6, 6.07) is 3.68. The van der Waals surface area contributed by atoms with Crippen molar-refractivity contribution in [1.82, 2.24) is 34.9 Å². The number of hydrogen-bond donors (Lipinski definition) is 1. The zero-order valence-electron chi connectivity index (χ0n) is 21.1. The molecule has 5 heterocycles. The number of aliphatic hydroxyl groups is 1. The molecule has 200 valence electrons. The number of anilines is 2. The Labute approximate surface area is 224 Å². The van der Waals surface area contributed by atoms with Crippen molar-refractivity contribution in [2.45, 2.75) is 6.04 Å². The average Bonchev–Trinajstić information content (AvgIpc) is 3.54. The molecule has 1 fully saturated rings. The zero-order valence-corrected chi connectivity index (χ0v) is 21.1. The Kier molecular flexibility index (Phi) is 8.93. The number of oxazole rings is 1. The van der Waals surface area contributed by atoms with Crippen LogP contribution in [0.2, 0.25) is 0 Å². The fraction of sp³-hybridized carbons (Fsp3) is 0.346. The van der Waals surface area contributed by atoms with Crippen LogP contribution in [0.25, 0.3) is 11.5 Å². The zero-order chi connectivity index (χ0) is 26.7. The van der Waals surface area contributed by atoms with Crippen LogP contribution >= 0.6 is 0 Å². The van der Waals surface area contributed by atoms with Crippen molar-refractivity contribution in [3.63, 3.8) is 0 Å². The molecule has 1 aliphatic heterocycles. The molecule has 13 nitrogen and oxygen atoms in total. The number of nitrogens with zero attached hydrogens (tertiary/aromatic N) is 9. The molecular formula is C26H27N9O4. The summed E-state index contributed by atoms with van der Waals surface area (Å²) >= 11 is 0. The van der Waals surface area contributed by atoms with Crippen LogP contribution in [0.5, 0.6) is 0 Å². The maximum Gasteiger partial charge on any atom is 0.228 e. The summed E-state index contributed by atoms with van der Waals surface area (Å²) in [5.41, 5.74) is 2.16. The van der Waals surface area contributed by atoms with E-state index in [4.69, 9.17) is 19.0 Å². The summed E-state index contributed by atoms with van der Waals surface area (Å²) < 4.78 is 16.4. The Hall–Kier alpha value is -4.51. The van der Waals surface area contributed by atoms with Crippen molar-refractivity contribution in [3.05, 3.63) is 67.1 Å². The standard InChI is InChI=1S/C26H27N9O4/c36-7-8-37-9-10-38-16-22-15-34(5-6-35(22)26-32-17-28-18-33-26)25-30-12-21(13-31-25)2-1-20-3-4-23(29-11-20)24-14-27-19-39-24/h3-4,11-14,17-19,22,36H,5-10,15-16H2/t22-/m1/s1. The molecule has 1 aliphatic rings. The topological polar surface area (TPSA) is 149 Å². The molecule has 0 aromatic carbocycles. The summed E-state index contributed by atoms with van der Waals surface area (Å²) in [4.78, 5) is 34.1. The van der Waals surface area contributed by atoms with Gasteiger partial charge in [0.2, 0.25) is 11.9 Å². The second kappa shape index (κ2) is 13.3. The van der Waals surface area contributed by atoms with Gasteiger partial charge in [-0.3, -0.25) is 4.98 Å². The van der Waals surface area contributed by atoms with E-state index >= 15 is 0 Å². The first-order chi connectivity index (χ1) is 19.3. The normalized spacial score (nSPS) is 15.2. The van der Waals surface area contributed by atoms with E-state index in [-0.39, 0.29) is 12.6 Å². The fourth-order valence-corrected chi connectivity index (χ4v) is 3.98. The first kappa shape index (κ1) is 26.1. The molecule has 0 saturated carbocycles. The lowest BCUT2D eigenvalue weighted by molar-refractivity contribution is 0.0284. The number of hydrogen-bond acceptors (Lipinski definition) is 13. The largest absolute Gasteiger partial charge is 0.442 e. The highest BCUT2D eigenvalue weighted by Crippen LogP contribution is 2.19. The predicted octanol–water partition coefficient (Wildman–Crippen LogP) is 0.832. The number of pyridine rings is 1. The number of aliphatic hydroxyl groups excluding tert-OH is 1. The monoisotopic (exact) mass is 529 g/mol. The van der Waals surface area contributed by atoms with Crippen LogP contribution < -0.4 is 9.80 Å². The van der Waals surface area contributed by atoms with Gasteiger partial charge in [-0.2, -0.15) is 0 Å². The Morgan fingerprint density at radius 2 is 1.64 bits per heavy atom. The molecule has 0 amide bonds. The van der Waals surface area contributed by atoms with Gasteiger partial charge < -0.3 is 28.8 Å². The minimum Gasteiger partial charge on any atom is -0.442 e. The molecule has 1 N–H and O–H groups in total. The van der Waals surface area contributed by atoms with E-state index in [1.54, 1.807) is 24.8 Å². The lowest BCUT2D eigenvalue weighted by Gasteiger charge is -2.41. The smallest absolute Gasteiger partial charge is 0.228 e. The number of aromatic nitrogens is 7. The van der Waals surface area contributed by atoms with Crippen LogP contribution in [-0.4, -0.2) is 98.7 Å². The van der Waals surface area contributed by atoms with Crippen molar-refractivity contribution < 1.29 is 19.0 Å². The number of ether oxygens (including phenoxy) is 2. The molecule has 0 bridgehead atoms. The number of rotatable bonds is 10. The predicted molar refractivity (Wildman–Crippen MR) is 140 cm³/mol. The highest BCUT2D eigenvalue weighted by molar-refractivity contribution is 5.52. The summed E-state index contributed by atoms with van der Waals surface area (Å²) in [6.45, 7) is 3.54. The Balaban J connectivity index is 1.21. The van der Waals surface area contributed by atoms with Crippen molar-refractivity contribution in [2.75, 3.05) is 62.5 Å². The number of piperazine rings is 1. The van der Waals surface area contributed by atoms with E-state index in [0.29, 0.717) is 75.0 Å². The molecule has 0 aliphatic carbocycles. The van der Waals surface area contributed by atoms with Crippen LogP contribution in [0.4, 0.5) is 11.9 Å². The van der Waals surface area contributed by atoms with Crippen molar-refractivity contribution in [1.29, 1.82) is 0 Å². The first-order valence-corrected chi connectivity index (χ1v) is 12.4. The van der Waals surface area contributed by atoms with Crippen molar-refractivity contribution in [3.8, 4) is 23.3 Å². The van der Waals surface area contributed by atoms with E-state index in [1.165, 1.54) is 19.0 Å². The van der Waals surface area contributed by atoms with Gasteiger partial charge in [0.1, 0.15) is 18.3 Å². The van der Waals surface area contributed by atoms with Crippen LogP contribution in [0, 0.1) is 11.8 Å². The van der Waals surface area contributed by atoms with E-state index in [1.807, 2.05) is 12.1 Å². The highest BCUT2D eigenvalue weighted by atomic mass is 16.5. The first-order valence-electron chi connectivity index (χ1n) is 12.4.